The molecule has 10 heteroatoms. The molecule has 0 saturated carbocycles. The fourth-order valence-corrected chi connectivity index (χ4v) is 3.80. The lowest BCUT2D eigenvalue weighted by atomic mass is 10.1. The maximum absolute atomic E-state index is 12.7. The van der Waals surface area contributed by atoms with E-state index in [1.165, 1.54) is 38.6 Å². The van der Waals surface area contributed by atoms with Crippen LogP contribution in [0.5, 0.6) is 0 Å². The second kappa shape index (κ2) is 8.32. The average Bonchev–Trinajstić information content (AvgIpc) is 3.22. The molecule has 3 rings (SSSR count). The summed E-state index contributed by atoms with van der Waals surface area (Å²) < 4.78 is 27.4. The summed E-state index contributed by atoms with van der Waals surface area (Å²) in [5.41, 5.74) is 1.81. The maximum Gasteiger partial charge on any atom is 0.253 e. The summed E-state index contributed by atoms with van der Waals surface area (Å²) in [5.74, 6) is -0.460. The van der Waals surface area contributed by atoms with Crippen LogP contribution in [0.3, 0.4) is 0 Å². The van der Waals surface area contributed by atoms with Crippen LogP contribution in [0.25, 0.3) is 5.69 Å². The van der Waals surface area contributed by atoms with Gasteiger partial charge in [0.25, 0.3) is 5.91 Å². The standard InChI is InChI=1S/C19H20ClN5O3S/c1-13(14-4-6-15(7-5-14)25-12-21-11-22-25)23-19(26)17-10-16(8-9-18(17)20)29(27,28)24(2)3/h4-13H,1-3H3,(H,23,26). The van der Waals surface area contributed by atoms with Crippen LogP contribution >= 0.6 is 11.6 Å². The third-order valence-electron chi connectivity index (χ3n) is 4.39. The quantitative estimate of drug-likeness (QED) is 0.644. The van der Waals surface area contributed by atoms with Crippen LogP contribution in [0.4, 0.5) is 0 Å². The third kappa shape index (κ3) is 4.47. The molecule has 0 saturated heterocycles. The van der Waals surface area contributed by atoms with Gasteiger partial charge in [-0.05, 0) is 42.8 Å². The molecule has 0 aliphatic heterocycles. The molecular formula is C19H20ClN5O3S. The molecule has 0 bridgehead atoms. The summed E-state index contributed by atoms with van der Waals surface area (Å²) >= 11 is 6.14. The van der Waals surface area contributed by atoms with Crippen LogP contribution in [0.1, 0.15) is 28.9 Å². The van der Waals surface area contributed by atoms with Gasteiger partial charge < -0.3 is 5.32 Å². The Hall–Kier alpha value is -2.75. The first-order chi connectivity index (χ1) is 13.7. The zero-order valence-corrected chi connectivity index (χ0v) is 17.6. The van der Waals surface area contributed by atoms with Crippen molar-refractivity contribution >= 4 is 27.5 Å². The van der Waals surface area contributed by atoms with Gasteiger partial charge in [0.2, 0.25) is 10.0 Å². The molecule has 3 aromatic rings. The van der Waals surface area contributed by atoms with Gasteiger partial charge in [-0.15, -0.1) is 0 Å². The summed E-state index contributed by atoms with van der Waals surface area (Å²) in [6.07, 6.45) is 3.04. The number of halogens is 1. The Labute approximate surface area is 174 Å². The molecule has 1 aromatic heterocycles. The zero-order valence-electron chi connectivity index (χ0n) is 16.1. The molecule has 1 atom stereocenters. The molecule has 1 unspecified atom stereocenters. The molecule has 152 valence electrons. The van der Waals surface area contributed by atoms with Gasteiger partial charge in [-0.25, -0.2) is 22.4 Å². The van der Waals surface area contributed by atoms with E-state index in [-0.39, 0.29) is 21.5 Å². The molecule has 0 radical (unpaired) electrons. The minimum atomic E-state index is -3.68. The van der Waals surface area contributed by atoms with Crippen LogP contribution in [-0.2, 0) is 10.0 Å². The molecule has 0 spiro atoms. The number of carbonyl (C=O) groups is 1. The number of aromatic nitrogens is 3. The Balaban J connectivity index is 1.79. The summed E-state index contributed by atoms with van der Waals surface area (Å²) in [4.78, 5) is 16.6. The molecule has 8 nitrogen and oxygen atoms in total. The predicted octanol–water partition coefficient (Wildman–Crippen LogP) is 2.66. The van der Waals surface area contributed by atoms with Crippen LogP contribution < -0.4 is 5.32 Å². The van der Waals surface area contributed by atoms with E-state index in [2.05, 4.69) is 15.4 Å². The Morgan fingerprint density at radius 3 is 2.45 bits per heavy atom. The monoisotopic (exact) mass is 433 g/mol. The van der Waals surface area contributed by atoms with Gasteiger partial charge in [-0.2, -0.15) is 5.10 Å². The number of rotatable bonds is 6. The fraction of sp³-hybridized carbons (Fsp3) is 0.211. The SMILES string of the molecule is CC(NC(=O)c1cc(S(=O)(=O)N(C)C)ccc1Cl)c1ccc(-n2cncn2)cc1. The van der Waals surface area contributed by atoms with E-state index in [1.807, 2.05) is 31.2 Å². The van der Waals surface area contributed by atoms with Crippen molar-refractivity contribution in [2.45, 2.75) is 17.9 Å². The predicted molar refractivity (Wildman–Crippen MR) is 110 cm³/mol. The number of hydrogen-bond acceptors (Lipinski definition) is 5. The highest BCUT2D eigenvalue weighted by atomic mass is 35.5. The zero-order chi connectivity index (χ0) is 21.2. The first-order valence-corrected chi connectivity index (χ1v) is 10.5. The second-order valence-corrected chi connectivity index (χ2v) is 9.11. The third-order valence-corrected chi connectivity index (χ3v) is 6.53. The Bertz CT molecular complexity index is 1110. The average molecular weight is 434 g/mol. The van der Waals surface area contributed by atoms with E-state index in [0.717, 1.165) is 15.6 Å². The van der Waals surface area contributed by atoms with Crippen LogP contribution in [0, 0.1) is 0 Å². The maximum atomic E-state index is 12.7. The van der Waals surface area contributed by atoms with E-state index in [9.17, 15) is 13.2 Å². The topological polar surface area (TPSA) is 97.2 Å². The van der Waals surface area contributed by atoms with Crippen LogP contribution in [0.15, 0.2) is 60.0 Å². The van der Waals surface area contributed by atoms with Crippen molar-refractivity contribution in [3.05, 3.63) is 71.3 Å². The molecule has 29 heavy (non-hydrogen) atoms. The van der Waals surface area contributed by atoms with Crippen molar-refractivity contribution < 1.29 is 13.2 Å². The lowest BCUT2D eigenvalue weighted by Gasteiger charge is -2.17. The summed E-state index contributed by atoms with van der Waals surface area (Å²) in [5, 5.41) is 7.09. The fourth-order valence-electron chi connectivity index (χ4n) is 2.66. The number of sulfonamides is 1. The van der Waals surface area contributed by atoms with Crippen LogP contribution in [0.2, 0.25) is 5.02 Å². The highest BCUT2D eigenvalue weighted by Crippen LogP contribution is 2.23. The van der Waals surface area contributed by atoms with Crippen molar-refractivity contribution in [2.24, 2.45) is 0 Å². The lowest BCUT2D eigenvalue weighted by Crippen LogP contribution is -2.28. The van der Waals surface area contributed by atoms with E-state index >= 15 is 0 Å². The summed E-state index contributed by atoms with van der Waals surface area (Å²) in [6.45, 7) is 1.83. The van der Waals surface area contributed by atoms with E-state index in [4.69, 9.17) is 11.6 Å². The minimum Gasteiger partial charge on any atom is -0.345 e. The highest BCUT2D eigenvalue weighted by Gasteiger charge is 2.21. The van der Waals surface area contributed by atoms with Crippen molar-refractivity contribution in [3.63, 3.8) is 0 Å². The number of amides is 1. The molecule has 1 amide bonds. The van der Waals surface area contributed by atoms with Gasteiger partial charge in [0.1, 0.15) is 12.7 Å². The highest BCUT2D eigenvalue weighted by molar-refractivity contribution is 7.89. The smallest absolute Gasteiger partial charge is 0.253 e. The van der Waals surface area contributed by atoms with E-state index in [0.29, 0.717) is 0 Å². The van der Waals surface area contributed by atoms with E-state index in [1.54, 1.807) is 11.0 Å². The van der Waals surface area contributed by atoms with E-state index < -0.39 is 15.9 Å². The van der Waals surface area contributed by atoms with Gasteiger partial charge in [0.05, 0.1) is 27.2 Å². The normalized spacial score (nSPS) is 12.7. The van der Waals surface area contributed by atoms with Gasteiger partial charge >= 0.3 is 0 Å². The Kier molecular flexibility index (Phi) is 6.02. The number of carbonyl (C=O) groups excluding carboxylic acids is 1. The number of nitrogens with zero attached hydrogens (tertiary/aromatic N) is 4. The van der Waals surface area contributed by atoms with Crippen molar-refractivity contribution in [2.75, 3.05) is 14.1 Å². The summed E-state index contributed by atoms with van der Waals surface area (Å²) in [7, 11) is -0.825. The van der Waals surface area contributed by atoms with Crippen LogP contribution in [-0.4, -0.2) is 47.5 Å². The molecule has 0 fully saturated rings. The summed E-state index contributed by atoms with van der Waals surface area (Å²) in [6, 6.07) is 11.2. The molecule has 0 aliphatic carbocycles. The molecule has 1 N–H and O–H groups in total. The molecule has 1 heterocycles. The number of hydrogen-bond donors (Lipinski definition) is 1. The largest absolute Gasteiger partial charge is 0.345 e. The van der Waals surface area contributed by atoms with Crippen molar-refractivity contribution in [1.29, 1.82) is 0 Å². The first-order valence-electron chi connectivity index (χ1n) is 8.68. The Morgan fingerprint density at radius 1 is 1.17 bits per heavy atom. The first kappa shape index (κ1) is 21.0. The molecule has 0 aliphatic rings. The van der Waals surface area contributed by atoms with Gasteiger partial charge in [0, 0.05) is 14.1 Å². The van der Waals surface area contributed by atoms with Gasteiger partial charge in [-0.1, -0.05) is 23.7 Å². The second-order valence-electron chi connectivity index (χ2n) is 6.56. The minimum absolute atomic E-state index is 0.00175. The Morgan fingerprint density at radius 2 is 1.86 bits per heavy atom. The molecular weight excluding hydrogens is 414 g/mol. The van der Waals surface area contributed by atoms with Gasteiger partial charge in [-0.3, -0.25) is 4.79 Å². The lowest BCUT2D eigenvalue weighted by molar-refractivity contribution is 0.0940. The number of benzene rings is 2. The van der Waals surface area contributed by atoms with Gasteiger partial charge in [0.15, 0.2) is 0 Å². The van der Waals surface area contributed by atoms with Crippen molar-refractivity contribution in [1.82, 2.24) is 24.4 Å². The van der Waals surface area contributed by atoms with Crippen molar-refractivity contribution in [3.8, 4) is 5.69 Å². The number of nitrogens with one attached hydrogen (secondary N) is 1. The molecule has 2 aromatic carbocycles.